The van der Waals surface area contributed by atoms with E-state index in [0.29, 0.717) is 6.42 Å². The van der Waals surface area contributed by atoms with Crippen LogP contribution in [0.3, 0.4) is 0 Å². The molecule has 0 saturated heterocycles. The fourth-order valence-corrected chi connectivity index (χ4v) is 2.50. The molecule has 0 fully saturated rings. The predicted octanol–water partition coefficient (Wildman–Crippen LogP) is 4.23. The second-order valence-corrected chi connectivity index (χ2v) is 5.67. The zero-order chi connectivity index (χ0) is 17.7. The highest BCUT2D eigenvalue weighted by Gasteiger charge is 2.34. The van der Waals surface area contributed by atoms with Crippen LogP contribution in [-0.4, -0.2) is 17.8 Å². The van der Waals surface area contributed by atoms with Crippen molar-refractivity contribution in [2.45, 2.75) is 18.5 Å². The molecular weight excluding hydrogens is 345 g/mol. The predicted molar refractivity (Wildman–Crippen MR) is 82.4 cm³/mol. The van der Waals surface area contributed by atoms with Crippen LogP contribution in [0, 0.1) is 5.92 Å². The summed E-state index contributed by atoms with van der Waals surface area (Å²) in [6, 6.07) is 3.94. The van der Waals surface area contributed by atoms with Gasteiger partial charge in [-0.2, -0.15) is 13.2 Å². The van der Waals surface area contributed by atoms with Gasteiger partial charge in [-0.1, -0.05) is 42.5 Å². The topological polar surface area (TPSA) is 43.4 Å². The lowest BCUT2D eigenvalue weighted by molar-refractivity contribution is -0.148. The van der Waals surface area contributed by atoms with E-state index < -0.39 is 28.9 Å². The third kappa shape index (κ3) is 4.71. The van der Waals surface area contributed by atoms with Gasteiger partial charge >= 0.3 is 12.1 Å². The van der Waals surface area contributed by atoms with E-state index in [-0.39, 0.29) is 18.1 Å². The minimum Gasteiger partial charge on any atom is -0.464 e. The van der Waals surface area contributed by atoms with Crippen molar-refractivity contribution in [2.75, 3.05) is 6.61 Å². The highest BCUT2D eigenvalue weighted by molar-refractivity contribution is 6.66. The summed E-state index contributed by atoms with van der Waals surface area (Å²) in [6.07, 6.45) is 3.49. The van der Waals surface area contributed by atoms with Crippen molar-refractivity contribution in [1.29, 1.82) is 0 Å². The van der Waals surface area contributed by atoms with Gasteiger partial charge in [-0.15, -0.1) is 0 Å². The molecule has 2 rings (SSSR count). The number of esters is 1. The van der Waals surface area contributed by atoms with Gasteiger partial charge in [0.25, 0.3) is 0 Å². The number of hydrogen-bond acceptors (Lipinski definition) is 3. The number of rotatable bonds is 5. The average Bonchev–Trinajstić information content (AvgIpc) is 2.53. The molecule has 0 spiro atoms. The maximum atomic E-state index is 12.8. The molecule has 2 atom stereocenters. The fourth-order valence-electron chi connectivity index (χ4n) is 2.28. The molecule has 0 radical (unpaired) electrons. The first kappa shape index (κ1) is 18.3. The van der Waals surface area contributed by atoms with Crippen LogP contribution in [0.4, 0.5) is 13.2 Å². The molecule has 1 aliphatic carbocycles. The van der Waals surface area contributed by atoms with Crippen molar-refractivity contribution in [3.63, 3.8) is 0 Å². The molecule has 2 unspecified atom stereocenters. The number of alkyl halides is 3. The molecule has 1 aliphatic rings. The Bertz CT molecular complexity index is 680. The van der Waals surface area contributed by atoms with E-state index in [2.05, 4.69) is 0 Å². The Hall–Kier alpha value is -2.08. The molecule has 0 amide bonds. The van der Waals surface area contributed by atoms with Gasteiger partial charge in [0, 0.05) is 5.92 Å². The monoisotopic (exact) mass is 358 g/mol. The number of halogens is 4. The quantitative estimate of drug-likeness (QED) is 0.449. The van der Waals surface area contributed by atoms with E-state index in [1.54, 1.807) is 6.08 Å². The molecule has 0 bridgehead atoms. The van der Waals surface area contributed by atoms with Crippen LogP contribution >= 0.6 is 11.6 Å². The molecule has 0 N–H and O–H groups in total. The lowest BCUT2D eigenvalue weighted by Gasteiger charge is -2.17. The normalized spacial score (nSPS) is 18.2. The molecule has 1 aromatic rings. The number of benzene rings is 1. The van der Waals surface area contributed by atoms with Crippen LogP contribution in [0.5, 0.6) is 0 Å². The number of allylic oxidation sites excluding steroid dienone is 3. The van der Waals surface area contributed by atoms with E-state index >= 15 is 0 Å². The largest absolute Gasteiger partial charge is 0.464 e. The van der Waals surface area contributed by atoms with Crippen LogP contribution in [0.1, 0.15) is 23.5 Å². The molecule has 0 aromatic heterocycles. The Morgan fingerprint density at radius 3 is 2.62 bits per heavy atom. The van der Waals surface area contributed by atoms with Crippen molar-refractivity contribution in [3.8, 4) is 0 Å². The van der Waals surface area contributed by atoms with Gasteiger partial charge in [-0.25, -0.2) is 0 Å². The molecule has 0 aliphatic heterocycles. The molecule has 0 heterocycles. The van der Waals surface area contributed by atoms with E-state index in [4.69, 9.17) is 16.3 Å². The summed E-state index contributed by atoms with van der Waals surface area (Å²) >= 11 is 5.42. The average molecular weight is 359 g/mol. The summed E-state index contributed by atoms with van der Waals surface area (Å²) in [5, 5.41) is -1.08. The lowest BCUT2D eigenvalue weighted by atomic mass is 9.98. The van der Waals surface area contributed by atoms with Gasteiger partial charge in [0.15, 0.2) is 5.92 Å². The third-order valence-corrected chi connectivity index (χ3v) is 3.74. The number of ether oxygens (including phenoxy) is 1. The summed E-state index contributed by atoms with van der Waals surface area (Å²) in [7, 11) is 0. The second-order valence-electron chi connectivity index (χ2n) is 5.30. The van der Waals surface area contributed by atoms with Crippen LogP contribution in [0.15, 0.2) is 48.6 Å². The first-order valence-corrected chi connectivity index (χ1v) is 7.53. The Balaban J connectivity index is 2.14. The molecule has 7 heteroatoms. The zero-order valence-electron chi connectivity index (χ0n) is 12.4. The molecule has 128 valence electrons. The van der Waals surface area contributed by atoms with E-state index in [0.717, 1.165) is 18.2 Å². The van der Waals surface area contributed by atoms with Gasteiger partial charge in [-0.3, -0.25) is 9.59 Å². The molecular formula is C17H14ClF3O3. The Labute approximate surface area is 141 Å². The number of carbonyl (C=O) groups is 2. The van der Waals surface area contributed by atoms with Crippen molar-refractivity contribution < 1.29 is 27.5 Å². The highest BCUT2D eigenvalue weighted by atomic mass is 35.5. The molecule has 0 saturated carbocycles. The Morgan fingerprint density at radius 1 is 1.29 bits per heavy atom. The molecule has 24 heavy (non-hydrogen) atoms. The summed E-state index contributed by atoms with van der Waals surface area (Å²) in [4.78, 5) is 23.7. The smallest absolute Gasteiger partial charge is 0.416 e. The van der Waals surface area contributed by atoms with Crippen molar-refractivity contribution in [2.24, 2.45) is 5.92 Å². The maximum Gasteiger partial charge on any atom is 0.416 e. The summed E-state index contributed by atoms with van der Waals surface area (Å²) in [6.45, 7) is 0.0271. The first-order chi connectivity index (χ1) is 11.3. The van der Waals surface area contributed by atoms with Gasteiger partial charge in [-0.05, 0) is 29.7 Å². The van der Waals surface area contributed by atoms with Crippen LogP contribution in [0.25, 0.3) is 0 Å². The van der Waals surface area contributed by atoms with Crippen molar-refractivity contribution in [3.05, 3.63) is 59.7 Å². The standard InChI is InChI=1S/C17H14ClF3O3/c18-15(22)14(12-7-4-8-13(9-12)17(19,20)21)16(23)24-10-11-5-2-1-3-6-11/h1-5,7-9,11,14H,6,10H2. The van der Waals surface area contributed by atoms with E-state index in [1.807, 2.05) is 18.2 Å². The SMILES string of the molecule is O=C(Cl)C(C(=O)OCC1C=CC=CC1)c1cccc(C(F)(F)F)c1. The van der Waals surface area contributed by atoms with Gasteiger partial charge in [0.2, 0.25) is 5.24 Å². The third-order valence-electron chi connectivity index (χ3n) is 3.52. The van der Waals surface area contributed by atoms with Gasteiger partial charge in [0.05, 0.1) is 12.2 Å². The summed E-state index contributed by atoms with van der Waals surface area (Å²) in [5.41, 5.74) is -1.11. The Kier molecular flexibility index (Phi) is 5.83. The van der Waals surface area contributed by atoms with Crippen molar-refractivity contribution in [1.82, 2.24) is 0 Å². The van der Waals surface area contributed by atoms with Gasteiger partial charge in [0.1, 0.15) is 0 Å². The minimum atomic E-state index is -4.58. The molecule has 1 aromatic carbocycles. The van der Waals surface area contributed by atoms with Crippen molar-refractivity contribution >= 4 is 22.8 Å². The minimum absolute atomic E-state index is 0.0271. The van der Waals surface area contributed by atoms with Crippen LogP contribution < -0.4 is 0 Å². The van der Waals surface area contributed by atoms with E-state index in [9.17, 15) is 22.8 Å². The zero-order valence-corrected chi connectivity index (χ0v) is 13.2. The van der Waals surface area contributed by atoms with Crippen LogP contribution in [0.2, 0.25) is 0 Å². The second kappa shape index (κ2) is 7.66. The molecule has 3 nitrogen and oxygen atoms in total. The highest BCUT2D eigenvalue weighted by Crippen LogP contribution is 2.32. The number of carbonyl (C=O) groups excluding carboxylic acids is 2. The number of hydrogen-bond donors (Lipinski definition) is 0. The first-order valence-electron chi connectivity index (χ1n) is 7.15. The van der Waals surface area contributed by atoms with Crippen LogP contribution in [-0.2, 0) is 20.5 Å². The maximum absolute atomic E-state index is 12.8. The van der Waals surface area contributed by atoms with E-state index in [1.165, 1.54) is 6.07 Å². The Morgan fingerprint density at radius 2 is 2.04 bits per heavy atom. The summed E-state index contributed by atoms with van der Waals surface area (Å²) < 4.78 is 43.4. The van der Waals surface area contributed by atoms with Gasteiger partial charge < -0.3 is 4.74 Å². The summed E-state index contributed by atoms with van der Waals surface area (Å²) in [5.74, 6) is -2.58. The lowest BCUT2D eigenvalue weighted by Crippen LogP contribution is -2.24. The fraction of sp³-hybridized carbons (Fsp3) is 0.294.